The molecule has 0 radical (unpaired) electrons. The van der Waals surface area contributed by atoms with Crippen LogP contribution in [0.5, 0.6) is 5.75 Å². The van der Waals surface area contributed by atoms with Crippen LogP contribution in [0.4, 0.5) is 10.1 Å². The van der Waals surface area contributed by atoms with E-state index in [1.54, 1.807) is 37.4 Å². The summed E-state index contributed by atoms with van der Waals surface area (Å²) in [6, 6.07) is 5.46. The fourth-order valence-corrected chi connectivity index (χ4v) is 3.25. The minimum atomic E-state index is -0.549. The number of carbonyl (C=O) groups is 2. The van der Waals surface area contributed by atoms with Crippen molar-refractivity contribution in [1.29, 1.82) is 0 Å². The summed E-state index contributed by atoms with van der Waals surface area (Å²) in [4.78, 5) is 25.4. The molecule has 0 bridgehead atoms. The van der Waals surface area contributed by atoms with Gasteiger partial charge in [0.05, 0.1) is 23.1 Å². The van der Waals surface area contributed by atoms with E-state index in [0.717, 1.165) is 5.56 Å². The molecule has 0 saturated carbocycles. The highest BCUT2D eigenvalue weighted by molar-refractivity contribution is 6.30. The normalized spacial score (nSPS) is 10.8. The Labute approximate surface area is 198 Å². The molecule has 0 fully saturated rings. The van der Waals surface area contributed by atoms with Crippen LogP contribution in [0.1, 0.15) is 26.5 Å². The van der Waals surface area contributed by atoms with Crippen molar-refractivity contribution < 1.29 is 18.7 Å². The molecule has 2 amide bonds. The summed E-state index contributed by atoms with van der Waals surface area (Å²) in [6.45, 7) is 0.249. The Bertz CT molecular complexity index is 1350. The molecule has 11 nitrogen and oxygen atoms in total. The highest BCUT2D eigenvalue weighted by Gasteiger charge is 2.20. The lowest BCUT2D eigenvalue weighted by Crippen LogP contribution is -2.26. The molecule has 0 saturated heterocycles. The summed E-state index contributed by atoms with van der Waals surface area (Å²) >= 11 is 5.74. The van der Waals surface area contributed by atoms with Gasteiger partial charge in [0.1, 0.15) is 17.3 Å². The molecular weight excluding hydrogens is 467 g/mol. The van der Waals surface area contributed by atoms with Crippen LogP contribution < -0.4 is 15.4 Å². The molecule has 0 aliphatic heterocycles. The smallest absolute Gasteiger partial charge is 0.276 e. The number of nitrogens with zero attached hydrogens (tertiary/aromatic N) is 6. The van der Waals surface area contributed by atoms with E-state index in [4.69, 9.17) is 16.3 Å². The minimum absolute atomic E-state index is 0.0237. The van der Waals surface area contributed by atoms with Crippen LogP contribution in [0.3, 0.4) is 0 Å². The second-order valence-electron chi connectivity index (χ2n) is 7.28. The van der Waals surface area contributed by atoms with Crippen molar-refractivity contribution >= 4 is 29.1 Å². The average molecular weight is 487 g/mol. The fourth-order valence-electron chi connectivity index (χ4n) is 3.08. The van der Waals surface area contributed by atoms with Gasteiger partial charge < -0.3 is 15.4 Å². The molecule has 34 heavy (non-hydrogen) atoms. The van der Waals surface area contributed by atoms with Gasteiger partial charge >= 0.3 is 0 Å². The van der Waals surface area contributed by atoms with Crippen molar-refractivity contribution in [3.05, 3.63) is 76.8 Å². The number of nitrogens with one attached hydrogen (secondary N) is 2. The Kier molecular flexibility index (Phi) is 6.59. The lowest BCUT2D eigenvalue weighted by Gasteiger charge is -2.08. The summed E-state index contributed by atoms with van der Waals surface area (Å²) in [5.74, 6) is -1.13. The van der Waals surface area contributed by atoms with Gasteiger partial charge in [-0.3, -0.25) is 19.0 Å². The van der Waals surface area contributed by atoms with E-state index in [9.17, 15) is 14.0 Å². The topological polar surface area (TPSA) is 121 Å². The number of anilines is 1. The number of ether oxygens (including phenoxy) is 1. The first-order chi connectivity index (χ1) is 16.3. The number of aryl methyl sites for hydroxylation is 2. The SMILES string of the molecule is Cn1cc(CNC(=O)c2c(NC(=O)c3ccn(COc4ccc(F)c(Cl)c4)n3)cnn2C)cn1. The lowest BCUT2D eigenvalue weighted by atomic mass is 10.3. The molecule has 0 unspecified atom stereocenters. The van der Waals surface area contributed by atoms with Gasteiger partial charge in [0.15, 0.2) is 12.4 Å². The largest absolute Gasteiger partial charge is 0.471 e. The third-order valence-electron chi connectivity index (χ3n) is 4.74. The molecule has 4 rings (SSSR count). The molecule has 2 N–H and O–H groups in total. The second-order valence-corrected chi connectivity index (χ2v) is 7.69. The molecule has 0 aliphatic carbocycles. The summed E-state index contributed by atoms with van der Waals surface area (Å²) in [6.07, 6.45) is 6.37. The van der Waals surface area contributed by atoms with E-state index in [-0.39, 0.29) is 35.4 Å². The Hall–Kier alpha value is -4.19. The molecular formula is C21H20ClFN8O3. The molecule has 3 heterocycles. The number of halogens is 2. The zero-order valence-electron chi connectivity index (χ0n) is 18.2. The van der Waals surface area contributed by atoms with Gasteiger partial charge in [-0.2, -0.15) is 15.3 Å². The highest BCUT2D eigenvalue weighted by Crippen LogP contribution is 2.21. The van der Waals surface area contributed by atoms with Crippen LogP contribution in [-0.4, -0.2) is 41.2 Å². The Morgan fingerprint density at radius 3 is 2.71 bits per heavy atom. The molecule has 13 heteroatoms. The van der Waals surface area contributed by atoms with E-state index >= 15 is 0 Å². The van der Waals surface area contributed by atoms with Crippen molar-refractivity contribution in [3.8, 4) is 5.75 Å². The van der Waals surface area contributed by atoms with Crippen molar-refractivity contribution in [3.63, 3.8) is 0 Å². The van der Waals surface area contributed by atoms with Gasteiger partial charge in [-0.15, -0.1) is 0 Å². The molecule has 176 valence electrons. The zero-order valence-corrected chi connectivity index (χ0v) is 19.0. The molecule has 0 aliphatic rings. The second kappa shape index (κ2) is 9.75. The first-order valence-electron chi connectivity index (χ1n) is 10.0. The molecule has 0 spiro atoms. The quantitative estimate of drug-likeness (QED) is 0.394. The highest BCUT2D eigenvalue weighted by atomic mass is 35.5. The number of amides is 2. The van der Waals surface area contributed by atoms with Crippen LogP contribution in [-0.2, 0) is 27.4 Å². The number of carbonyl (C=O) groups excluding carboxylic acids is 2. The maximum absolute atomic E-state index is 13.3. The number of rotatable bonds is 8. The van der Waals surface area contributed by atoms with E-state index in [1.807, 2.05) is 0 Å². The van der Waals surface area contributed by atoms with Crippen LogP contribution in [0.2, 0.25) is 5.02 Å². The van der Waals surface area contributed by atoms with Gasteiger partial charge in [0.2, 0.25) is 0 Å². The van der Waals surface area contributed by atoms with E-state index in [2.05, 4.69) is 25.9 Å². The number of hydrogen-bond acceptors (Lipinski definition) is 6. The van der Waals surface area contributed by atoms with Crippen molar-refractivity contribution in [2.24, 2.45) is 14.1 Å². The van der Waals surface area contributed by atoms with E-state index in [1.165, 1.54) is 39.8 Å². The monoisotopic (exact) mass is 486 g/mol. The van der Waals surface area contributed by atoms with Gasteiger partial charge in [0.25, 0.3) is 11.8 Å². The molecule has 3 aromatic heterocycles. The Morgan fingerprint density at radius 2 is 1.97 bits per heavy atom. The van der Waals surface area contributed by atoms with Gasteiger partial charge in [0, 0.05) is 44.7 Å². The zero-order chi connectivity index (χ0) is 24.2. The van der Waals surface area contributed by atoms with Crippen molar-refractivity contribution in [2.45, 2.75) is 13.3 Å². The Balaban J connectivity index is 1.38. The van der Waals surface area contributed by atoms with Gasteiger partial charge in [-0.1, -0.05) is 11.6 Å². The summed E-state index contributed by atoms with van der Waals surface area (Å²) < 4.78 is 23.1. The van der Waals surface area contributed by atoms with Gasteiger partial charge in [-0.25, -0.2) is 9.07 Å². The van der Waals surface area contributed by atoms with Crippen LogP contribution >= 0.6 is 11.6 Å². The molecule has 4 aromatic rings. The third-order valence-corrected chi connectivity index (χ3v) is 5.03. The maximum atomic E-state index is 13.3. The predicted octanol–water partition coefficient (Wildman–Crippen LogP) is 2.36. The van der Waals surface area contributed by atoms with Crippen molar-refractivity contribution in [2.75, 3.05) is 5.32 Å². The van der Waals surface area contributed by atoms with Crippen LogP contribution in [0.25, 0.3) is 0 Å². The molecule has 1 aromatic carbocycles. The van der Waals surface area contributed by atoms with Crippen LogP contribution in [0.15, 0.2) is 49.1 Å². The summed E-state index contributed by atoms with van der Waals surface area (Å²) in [7, 11) is 3.38. The standard InChI is InChI=1S/C21H20ClFN8O3/c1-29-11-13(9-25-29)8-24-21(33)19-18(10-26-30(19)2)27-20(32)17-5-6-31(28-17)12-34-14-3-4-16(23)15(22)7-14/h3-7,9-11H,8,12H2,1-2H3,(H,24,33)(H,27,32). The maximum Gasteiger partial charge on any atom is 0.276 e. The van der Waals surface area contributed by atoms with Crippen molar-refractivity contribution in [1.82, 2.24) is 34.7 Å². The lowest BCUT2D eigenvalue weighted by molar-refractivity contribution is 0.0942. The summed E-state index contributed by atoms with van der Waals surface area (Å²) in [5, 5.41) is 17.7. The third kappa shape index (κ3) is 5.23. The minimum Gasteiger partial charge on any atom is -0.471 e. The average Bonchev–Trinajstić information content (AvgIpc) is 3.53. The first kappa shape index (κ1) is 23.0. The fraction of sp³-hybridized carbons (Fsp3) is 0.190. The molecule has 0 atom stereocenters. The Morgan fingerprint density at radius 1 is 1.15 bits per heavy atom. The number of aromatic nitrogens is 6. The number of benzene rings is 1. The van der Waals surface area contributed by atoms with Crippen LogP contribution in [0, 0.1) is 5.82 Å². The summed E-state index contributed by atoms with van der Waals surface area (Å²) in [5.41, 5.74) is 1.36. The van der Waals surface area contributed by atoms with Gasteiger partial charge in [-0.05, 0) is 18.2 Å². The number of hydrogen-bond donors (Lipinski definition) is 2. The first-order valence-corrected chi connectivity index (χ1v) is 10.4. The predicted molar refractivity (Wildman–Crippen MR) is 120 cm³/mol. The van der Waals surface area contributed by atoms with E-state index < -0.39 is 17.6 Å². The van der Waals surface area contributed by atoms with E-state index in [0.29, 0.717) is 5.75 Å².